The van der Waals surface area contributed by atoms with E-state index in [1.807, 2.05) is 95.3 Å². The van der Waals surface area contributed by atoms with Gasteiger partial charge in [0, 0.05) is 68.8 Å². The number of carbonyl (C=O) groups excluding carboxylic acids is 2. The van der Waals surface area contributed by atoms with Crippen molar-refractivity contribution in [2.45, 2.75) is 38.3 Å². The van der Waals surface area contributed by atoms with Crippen LogP contribution < -0.4 is 15.0 Å². The van der Waals surface area contributed by atoms with Crippen molar-refractivity contribution in [3.05, 3.63) is 118 Å². The number of hydrogen-bond acceptors (Lipinski definition) is 6. The van der Waals surface area contributed by atoms with Crippen molar-refractivity contribution in [3.63, 3.8) is 0 Å². The first-order chi connectivity index (χ1) is 26.7. The van der Waals surface area contributed by atoms with Gasteiger partial charge >= 0.3 is 6.09 Å². The predicted octanol–water partition coefficient (Wildman–Crippen LogP) is 10.3. The highest BCUT2D eigenvalue weighted by atomic mass is 35.5. The maximum atomic E-state index is 14.8. The second kappa shape index (κ2) is 15.5. The van der Waals surface area contributed by atoms with Crippen molar-refractivity contribution in [2.24, 2.45) is 0 Å². The SMILES string of the molecule is COc1ccc(N2CCC(N3CCCOC3=O)CC2)c(NC(=O)c2[nH]c3cc(Cl)ccc3c2-c2c(-c3ccccc3)ncn2[C@@H](C)c2ccc(Cl)cc2Cl)c1. The molecule has 10 nitrogen and oxygen atoms in total. The number of imidazole rings is 1. The number of hydrogen-bond donors (Lipinski definition) is 2. The van der Waals surface area contributed by atoms with E-state index in [1.54, 1.807) is 19.5 Å². The second-order valence-corrected chi connectivity index (χ2v) is 15.1. The maximum absolute atomic E-state index is 14.8. The molecule has 0 bridgehead atoms. The number of methoxy groups -OCH3 is 1. The highest BCUT2D eigenvalue weighted by molar-refractivity contribution is 6.35. The molecule has 2 aliphatic rings. The molecule has 8 rings (SSSR count). The van der Waals surface area contributed by atoms with E-state index in [4.69, 9.17) is 49.3 Å². The van der Waals surface area contributed by atoms with Crippen LogP contribution in [-0.4, -0.2) is 70.8 Å². The first-order valence-electron chi connectivity index (χ1n) is 18.3. The number of nitrogens with one attached hydrogen (secondary N) is 2. The standard InChI is InChI=1S/C42H39Cl3N6O4/c1-25(31-12-9-27(43)21-33(31)45)51-24-46-38(26-7-4-3-5-8-26)40(51)37-32-13-10-28(44)22-34(32)47-39(37)41(52)48-35-23-30(54-2)11-14-36(35)49-18-15-29(16-19-49)50-17-6-20-55-42(50)53/h3-5,7-14,21-25,29,47H,6,15-20H2,1-2H3,(H,48,52)/t25-/m0/s1. The Morgan fingerprint density at radius 1 is 0.964 bits per heavy atom. The summed E-state index contributed by atoms with van der Waals surface area (Å²) in [6.07, 6.45) is 3.95. The van der Waals surface area contributed by atoms with E-state index in [0.717, 1.165) is 47.2 Å². The molecule has 0 unspecified atom stereocenters. The van der Waals surface area contributed by atoms with Crippen molar-refractivity contribution in [2.75, 3.05) is 43.6 Å². The fourth-order valence-electron chi connectivity index (χ4n) is 7.81. The number of carbonyl (C=O) groups is 2. The van der Waals surface area contributed by atoms with Crippen LogP contribution in [0.4, 0.5) is 16.2 Å². The van der Waals surface area contributed by atoms with Crippen LogP contribution in [0, 0.1) is 0 Å². The smallest absolute Gasteiger partial charge is 0.410 e. The Labute approximate surface area is 333 Å². The Bertz CT molecular complexity index is 2390. The lowest BCUT2D eigenvalue weighted by Crippen LogP contribution is -2.50. The molecule has 2 saturated heterocycles. The molecule has 13 heteroatoms. The van der Waals surface area contributed by atoms with Crippen LogP contribution in [0.1, 0.15) is 48.3 Å². The Balaban J connectivity index is 1.21. The van der Waals surface area contributed by atoms with Gasteiger partial charge in [-0.15, -0.1) is 0 Å². The molecule has 2 amide bonds. The third kappa shape index (κ3) is 7.22. The number of H-pyrrole nitrogens is 1. The van der Waals surface area contributed by atoms with E-state index in [9.17, 15) is 9.59 Å². The zero-order valence-electron chi connectivity index (χ0n) is 30.3. The average molecular weight is 798 g/mol. The largest absolute Gasteiger partial charge is 0.497 e. The van der Waals surface area contributed by atoms with E-state index in [1.165, 1.54) is 0 Å². The van der Waals surface area contributed by atoms with Crippen LogP contribution >= 0.6 is 34.8 Å². The van der Waals surface area contributed by atoms with Crippen molar-refractivity contribution in [1.29, 1.82) is 0 Å². The highest BCUT2D eigenvalue weighted by Crippen LogP contribution is 2.43. The Kier molecular flexibility index (Phi) is 10.4. The normalized spacial score (nSPS) is 15.6. The number of piperidine rings is 1. The third-order valence-electron chi connectivity index (χ3n) is 10.6. The van der Waals surface area contributed by atoms with Crippen LogP contribution in [0.2, 0.25) is 15.1 Å². The molecule has 4 aromatic carbocycles. The number of halogens is 3. The van der Waals surface area contributed by atoms with Crippen LogP contribution in [0.5, 0.6) is 5.75 Å². The Morgan fingerprint density at radius 3 is 2.47 bits per heavy atom. The van der Waals surface area contributed by atoms with Gasteiger partial charge in [0.05, 0.1) is 48.8 Å². The summed E-state index contributed by atoms with van der Waals surface area (Å²) in [7, 11) is 1.60. The maximum Gasteiger partial charge on any atom is 0.410 e. The fraction of sp³-hybridized carbons (Fsp3) is 0.262. The van der Waals surface area contributed by atoms with Crippen molar-refractivity contribution in [3.8, 4) is 28.3 Å². The average Bonchev–Trinajstić information content (AvgIpc) is 3.80. The van der Waals surface area contributed by atoms with E-state index >= 15 is 0 Å². The summed E-state index contributed by atoms with van der Waals surface area (Å²) in [5.41, 5.74) is 6.31. The number of aromatic amines is 1. The van der Waals surface area contributed by atoms with Crippen molar-refractivity contribution < 1.29 is 19.1 Å². The first-order valence-corrected chi connectivity index (χ1v) is 19.4. The van der Waals surface area contributed by atoms with Gasteiger partial charge in [0.1, 0.15) is 11.4 Å². The zero-order valence-corrected chi connectivity index (χ0v) is 32.6. The lowest BCUT2D eigenvalue weighted by molar-refractivity contribution is 0.0499. The molecule has 2 fully saturated rings. The number of rotatable bonds is 9. The molecule has 2 N–H and O–H groups in total. The summed E-state index contributed by atoms with van der Waals surface area (Å²) in [5.74, 6) is 0.249. The van der Waals surface area contributed by atoms with E-state index < -0.39 is 0 Å². The van der Waals surface area contributed by atoms with Crippen LogP contribution in [0.3, 0.4) is 0 Å². The molecule has 4 heterocycles. The summed E-state index contributed by atoms with van der Waals surface area (Å²) in [4.78, 5) is 39.8. The van der Waals surface area contributed by atoms with Crippen LogP contribution in [0.15, 0.2) is 91.3 Å². The van der Waals surface area contributed by atoms with Gasteiger partial charge in [-0.2, -0.15) is 0 Å². The number of nitrogens with zero attached hydrogens (tertiary/aromatic N) is 4. The monoisotopic (exact) mass is 796 g/mol. The molecular formula is C42H39Cl3N6O4. The number of ether oxygens (including phenoxy) is 2. The number of amides is 2. The minimum Gasteiger partial charge on any atom is -0.497 e. The summed E-state index contributed by atoms with van der Waals surface area (Å²) in [5, 5.41) is 5.63. The molecule has 2 aromatic heterocycles. The number of anilines is 2. The molecule has 6 aromatic rings. The summed E-state index contributed by atoms with van der Waals surface area (Å²) in [6.45, 7) is 4.62. The molecule has 0 aliphatic carbocycles. The zero-order chi connectivity index (χ0) is 38.2. The quantitative estimate of drug-likeness (QED) is 0.151. The van der Waals surface area contributed by atoms with Crippen molar-refractivity contribution >= 4 is 69.1 Å². The number of fused-ring (bicyclic) bond motifs is 1. The van der Waals surface area contributed by atoms with E-state index in [-0.39, 0.29) is 24.1 Å². The van der Waals surface area contributed by atoms with Crippen LogP contribution in [0.25, 0.3) is 33.4 Å². The molecule has 0 spiro atoms. The second-order valence-electron chi connectivity index (χ2n) is 13.8. The van der Waals surface area contributed by atoms with Gasteiger partial charge in [-0.25, -0.2) is 9.78 Å². The van der Waals surface area contributed by atoms with Gasteiger partial charge in [-0.3, -0.25) is 4.79 Å². The van der Waals surface area contributed by atoms with Crippen molar-refractivity contribution in [1.82, 2.24) is 19.4 Å². The lowest BCUT2D eigenvalue weighted by atomic mass is 9.99. The Morgan fingerprint density at radius 2 is 1.73 bits per heavy atom. The summed E-state index contributed by atoms with van der Waals surface area (Å²) in [6, 6.07) is 26.4. The topological polar surface area (TPSA) is 105 Å². The Hall–Kier alpha value is -5.16. The molecule has 55 heavy (non-hydrogen) atoms. The minimum absolute atomic E-state index is 0.106. The third-order valence-corrected chi connectivity index (χ3v) is 11.4. The number of benzene rings is 4. The summed E-state index contributed by atoms with van der Waals surface area (Å²) >= 11 is 19.6. The van der Waals surface area contributed by atoms with Gasteiger partial charge in [0.25, 0.3) is 5.91 Å². The predicted molar refractivity (Wildman–Crippen MR) is 219 cm³/mol. The van der Waals surface area contributed by atoms with E-state index in [0.29, 0.717) is 75.2 Å². The van der Waals surface area contributed by atoms with Gasteiger partial charge in [-0.05, 0) is 68.1 Å². The lowest BCUT2D eigenvalue weighted by Gasteiger charge is -2.40. The fourth-order valence-corrected chi connectivity index (χ4v) is 8.55. The molecule has 0 saturated carbocycles. The number of cyclic esters (lactones) is 1. The van der Waals surface area contributed by atoms with E-state index in [2.05, 4.69) is 15.2 Å². The minimum atomic E-state index is -0.355. The molecule has 2 aliphatic heterocycles. The molecule has 1 atom stereocenters. The molecular weight excluding hydrogens is 759 g/mol. The molecule has 0 radical (unpaired) electrons. The summed E-state index contributed by atoms with van der Waals surface area (Å²) < 4.78 is 13.0. The van der Waals surface area contributed by atoms with Crippen LogP contribution in [-0.2, 0) is 4.74 Å². The first kappa shape index (κ1) is 36.8. The van der Waals surface area contributed by atoms with Gasteiger partial charge in [0.15, 0.2) is 0 Å². The highest BCUT2D eigenvalue weighted by Gasteiger charge is 2.33. The number of aromatic nitrogens is 3. The van der Waals surface area contributed by atoms with Gasteiger partial charge in [0.2, 0.25) is 0 Å². The molecule has 282 valence electrons. The van der Waals surface area contributed by atoms with Gasteiger partial charge in [-0.1, -0.05) is 77.3 Å². The van der Waals surface area contributed by atoms with Gasteiger partial charge < -0.3 is 34.1 Å².